The van der Waals surface area contributed by atoms with Crippen LogP contribution < -0.4 is 4.80 Å². The highest BCUT2D eigenvalue weighted by atomic mass is 32.1. The molecule has 20 heavy (non-hydrogen) atoms. The zero-order chi connectivity index (χ0) is 14.1. The highest BCUT2D eigenvalue weighted by Crippen LogP contribution is 2.07. The van der Waals surface area contributed by atoms with Gasteiger partial charge in [0.15, 0.2) is 0 Å². The van der Waals surface area contributed by atoms with Crippen LogP contribution in [0.15, 0.2) is 47.5 Å². The number of benzene rings is 1. The van der Waals surface area contributed by atoms with Gasteiger partial charge in [-0.25, -0.2) is 0 Å². The number of aryl methyl sites for hydroxylation is 2. The standard InChI is InChI=1S/C15H13N3OS/c1-10-6-8-12(9-7-10)14(19)17-15-16-13-5-3-4-11(2)18(13)20-15/h3-9H,1-2H3. The lowest BCUT2D eigenvalue weighted by Crippen LogP contribution is -2.04. The number of aromatic nitrogens is 2. The first-order chi connectivity index (χ1) is 9.63. The van der Waals surface area contributed by atoms with E-state index >= 15 is 0 Å². The number of rotatable bonds is 1. The van der Waals surface area contributed by atoms with Crippen molar-refractivity contribution >= 4 is 23.1 Å². The summed E-state index contributed by atoms with van der Waals surface area (Å²) < 4.78 is 1.96. The van der Waals surface area contributed by atoms with Crippen molar-refractivity contribution in [3.63, 3.8) is 0 Å². The Kier molecular flexibility index (Phi) is 3.20. The summed E-state index contributed by atoms with van der Waals surface area (Å²) in [5.74, 6) is -0.262. The molecule has 3 aromatic rings. The lowest BCUT2D eigenvalue weighted by molar-refractivity contribution is 0.0998. The predicted octanol–water partition coefficient (Wildman–Crippen LogP) is 2.75. The molecular weight excluding hydrogens is 270 g/mol. The Morgan fingerprint density at radius 1 is 1.15 bits per heavy atom. The van der Waals surface area contributed by atoms with Crippen LogP contribution in [0.2, 0.25) is 0 Å². The van der Waals surface area contributed by atoms with Gasteiger partial charge in [-0.3, -0.25) is 8.58 Å². The van der Waals surface area contributed by atoms with Gasteiger partial charge in [-0.15, -0.1) is 0 Å². The van der Waals surface area contributed by atoms with Crippen LogP contribution in [-0.2, 0) is 0 Å². The van der Waals surface area contributed by atoms with E-state index in [4.69, 9.17) is 0 Å². The molecule has 0 bridgehead atoms. The van der Waals surface area contributed by atoms with E-state index in [0.29, 0.717) is 10.4 Å². The molecule has 0 spiro atoms. The van der Waals surface area contributed by atoms with Gasteiger partial charge in [-0.05, 0) is 49.6 Å². The molecule has 0 saturated heterocycles. The number of carbonyl (C=O) groups is 1. The Labute approximate surface area is 120 Å². The fourth-order valence-corrected chi connectivity index (χ4v) is 2.71. The van der Waals surface area contributed by atoms with E-state index in [0.717, 1.165) is 16.9 Å². The second-order valence-corrected chi connectivity index (χ2v) is 5.50. The topological polar surface area (TPSA) is 46.7 Å². The first kappa shape index (κ1) is 12.7. The zero-order valence-electron chi connectivity index (χ0n) is 11.2. The highest BCUT2D eigenvalue weighted by Gasteiger charge is 2.05. The van der Waals surface area contributed by atoms with Crippen molar-refractivity contribution in [3.8, 4) is 0 Å². The van der Waals surface area contributed by atoms with Crippen LogP contribution in [0.3, 0.4) is 0 Å². The smallest absolute Gasteiger partial charge is 0.267 e. The van der Waals surface area contributed by atoms with Crippen LogP contribution in [0, 0.1) is 13.8 Å². The van der Waals surface area contributed by atoms with Crippen molar-refractivity contribution in [2.24, 2.45) is 4.99 Å². The van der Waals surface area contributed by atoms with Crippen LogP contribution >= 0.6 is 11.5 Å². The van der Waals surface area contributed by atoms with Gasteiger partial charge in [-0.2, -0.15) is 9.98 Å². The number of hydrogen-bond acceptors (Lipinski definition) is 3. The van der Waals surface area contributed by atoms with Crippen LogP contribution in [0.4, 0.5) is 0 Å². The number of hydrogen-bond donors (Lipinski definition) is 0. The molecule has 2 aromatic heterocycles. The summed E-state index contributed by atoms with van der Waals surface area (Å²) in [6.07, 6.45) is 0. The van der Waals surface area contributed by atoms with E-state index in [1.165, 1.54) is 11.5 Å². The third-order valence-corrected chi connectivity index (χ3v) is 3.99. The van der Waals surface area contributed by atoms with E-state index in [1.54, 1.807) is 12.1 Å². The summed E-state index contributed by atoms with van der Waals surface area (Å²) in [6.45, 7) is 3.98. The molecule has 0 unspecified atom stereocenters. The molecule has 0 aliphatic rings. The maximum atomic E-state index is 12.1. The van der Waals surface area contributed by atoms with Gasteiger partial charge in [0.25, 0.3) is 5.91 Å². The van der Waals surface area contributed by atoms with Gasteiger partial charge in [0.2, 0.25) is 4.80 Å². The van der Waals surface area contributed by atoms with Crippen LogP contribution in [0.5, 0.6) is 0 Å². The molecule has 0 aliphatic heterocycles. The molecule has 0 atom stereocenters. The second kappa shape index (κ2) is 5.02. The molecular formula is C15H13N3OS. The fourth-order valence-electron chi connectivity index (χ4n) is 1.88. The predicted molar refractivity (Wildman–Crippen MR) is 78.9 cm³/mol. The molecule has 100 valence electrons. The van der Waals surface area contributed by atoms with Gasteiger partial charge in [0.05, 0.1) is 0 Å². The SMILES string of the molecule is Cc1ccc(C(=O)N=c2nc3cccc(C)n3s2)cc1. The highest BCUT2D eigenvalue weighted by molar-refractivity contribution is 7.03. The van der Waals surface area contributed by atoms with Gasteiger partial charge in [0.1, 0.15) is 5.65 Å². The molecule has 0 saturated carbocycles. The number of pyridine rings is 1. The van der Waals surface area contributed by atoms with E-state index in [9.17, 15) is 4.79 Å². The Balaban J connectivity index is 2.03. The molecule has 0 N–H and O–H groups in total. The van der Waals surface area contributed by atoms with Gasteiger partial charge < -0.3 is 0 Å². The van der Waals surface area contributed by atoms with E-state index in [2.05, 4.69) is 9.98 Å². The molecule has 0 fully saturated rings. The van der Waals surface area contributed by atoms with Crippen molar-refractivity contribution in [2.75, 3.05) is 0 Å². The molecule has 1 amide bonds. The molecule has 2 heterocycles. The lowest BCUT2D eigenvalue weighted by atomic mass is 10.1. The molecule has 1 aromatic carbocycles. The molecule has 0 radical (unpaired) electrons. The molecule has 4 nitrogen and oxygen atoms in total. The normalized spacial score (nSPS) is 12.0. The van der Waals surface area contributed by atoms with Crippen molar-refractivity contribution < 1.29 is 4.79 Å². The Hall–Kier alpha value is -2.27. The zero-order valence-corrected chi connectivity index (χ0v) is 12.0. The Bertz CT molecular complexity index is 843. The van der Waals surface area contributed by atoms with E-state index in [-0.39, 0.29) is 5.91 Å². The van der Waals surface area contributed by atoms with Gasteiger partial charge in [-0.1, -0.05) is 23.8 Å². The maximum Gasteiger partial charge on any atom is 0.279 e. The molecule has 0 aliphatic carbocycles. The molecule has 3 rings (SSSR count). The third-order valence-electron chi connectivity index (χ3n) is 2.99. The largest absolute Gasteiger partial charge is 0.279 e. The Morgan fingerprint density at radius 3 is 2.60 bits per heavy atom. The van der Waals surface area contributed by atoms with Crippen molar-refractivity contribution in [2.45, 2.75) is 13.8 Å². The van der Waals surface area contributed by atoms with E-state index in [1.807, 2.05) is 48.0 Å². The van der Waals surface area contributed by atoms with Gasteiger partial charge in [0, 0.05) is 11.3 Å². The molecule has 5 heteroatoms. The average molecular weight is 283 g/mol. The average Bonchev–Trinajstić information content (AvgIpc) is 2.83. The Morgan fingerprint density at radius 2 is 1.90 bits per heavy atom. The quantitative estimate of drug-likeness (QED) is 0.689. The summed E-state index contributed by atoms with van der Waals surface area (Å²) in [5.41, 5.74) is 3.58. The minimum absolute atomic E-state index is 0.262. The first-order valence-corrected chi connectivity index (χ1v) is 7.02. The number of nitrogens with zero attached hydrogens (tertiary/aromatic N) is 3. The minimum Gasteiger partial charge on any atom is -0.267 e. The van der Waals surface area contributed by atoms with Crippen LogP contribution in [0.1, 0.15) is 21.6 Å². The van der Waals surface area contributed by atoms with Crippen LogP contribution in [-0.4, -0.2) is 14.7 Å². The summed E-state index contributed by atoms with van der Waals surface area (Å²) in [4.78, 5) is 21.0. The number of fused-ring (bicyclic) bond motifs is 1. The van der Waals surface area contributed by atoms with Crippen molar-refractivity contribution in [1.29, 1.82) is 0 Å². The summed E-state index contributed by atoms with van der Waals surface area (Å²) >= 11 is 1.37. The first-order valence-electron chi connectivity index (χ1n) is 6.25. The van der Waals surface area contributed by atoms with Gasteiger partial charge >= 0.3 is 0 Å². The van der Waals surface area contributed by atoms with Crippen molar-refractivity contribution in [1.82, 2.24) is 8.77 Å². The third kappa shape index (κ3) is 2.40. The lowest BCUT2D eigenvalue weighted by Gasteiger charge is -1.94. The summed E-state index contributed by atoms with van der Waals surface area (Å²) in [7, 11) is 0. The second-order valence-electron chi connectivity index (χ2n) is 4.59. The monoisotopic (exact) mass is 283 g/mol. The summed E-state index contributed by atoms with van der Waals surface area (Å²) in [5, 5.41) is 0. The number of amides is 1. The minimum atomic E-state index is -0.262. The van der Waals surface area contributed by atoms with Crippen molar-refractivity contribution in [3.05, 3.63) is 64.1 Å². The fraction of sp³-hybridized carbons (Fsp3) is 0.133. The number of carbonyl (C=O) groups excluding carboxylic acids is 1. The van der Waals surface area contributed by atoms with Crippen LogP contribution in [0.25, 0.3) is 5.65 Å². The maximum absolute atomic E-state index is 12.1. The summed E-state index contributed by atoms with van der Waals surface area (Å²) in [6, 6.07) is 13.2. The van der Waals surface area contributed by atoms with E-state index < -0.39 is 0 Å².